The molecule has 1 aliphatic carbocycles. The third kappa shape index (κ3) is 8.86. The molecule has 0 radical (unpaired) electrons. The standard InChI is InChI=1S/C84H84N2/c1-79(2,3)53-35-51(36-54(41-53)80(4,5)6)49-31-33-66-70-48-75-76(77-67-34-32-50(40-73(67)86(78(70)77)72(66)39-49)52-37-55(81(7,8)9)42-56(38-52)82(10,11)12)71-46-68-64-29-23-21-27-62(64)60-25-19-20-26-61(60)63-28-22-24-30-65(63)69(68)47-74(71)85(75)59-44-57(83(13,14)15)43-58(45-59)84(16,17)18/h19-48H,1-18H3. The van der Waals surface area contributed by atoms with E-state index in [1.54, 1.807) is 0 Å². The van der Waals surface area contributed by atoms with Crippen LogP contribution in [0, 0.1) is 0 Å². The van der Waals surface area contributed by atoms with Gasteiger partial charge in [0.2, 0.25) is 0 Å². The predicted molar refractivity (Wildman–Crippen MR) is 374 cm³/mol. The number of rotatable bonds is 3. The van der Waals surface area contributed by atoms with Gasteiger partial charge in [-0.1, -0.05) is 264 Å². The highest BCUT2D eigenvalue weighted by molar-refractivity contribution is 6.36. The topological polar surface area (TPSA) is 9.34 Å². The van der Waals surface area contributed by atoms with E-state index in [2.05, 4.69) is 316 Å². The van der Waals surface area contributed by atoms with Crippen LogP contribution in [0.5, 0.6) is 0 Å². The minimum atomic E-state index is -0.0939. The Hall–Kier alpha value is -8.20. The van der Waals surface area contributed by atoms with E-state index in [1.165, 1.54) is 166 Å². The summed E-state index contributed by atoms with van der Waals surface area (Å²) in [5, 5.41) is 7.65. The van der Waals surface area contributed by atoms with Crippen LogP contribution in [-0.4, -0.2) is 8.97 Å². The van der Waals surface area contributed by atoms with Gasteiger partial charge in [0.15, 0.2) is 0 Å². The molecule has 0 amide bonds. The quantitative estimate of drug-likeness (QED) is 0.167. The van der Waals surface area contributed by atoms with Crippen LogP contribution < -0.4 is 0 Å². The van der Waals surface area contributed by atoms with Crippen molar-refractivity contribution in [2.24, 2.45) is 0 Å². The van der Waals surface area contributed by atoms with Crippen LogP contribution in [0.4, 0.5) is 0 Å². The lowest BCUT2D eigenvalue weighted by Gasteiger charge is -2.27. The molecule has 0 unspecified atom stereocenters. The number of fused-ring (bicyclic) bond motifs is 18. The number of benzene rings is 10. The smallest absolute Gasteiger partial charge is 0.0628 e. The number of nitrogens with zero attached hydrogens (tertiary/aromatic N) is 2. The molecule has 0 saturated heterocycles. The summed E-state index contributed by atoms with van der Waals surface area (Å²) in [4.78, 5) is 0. The maximum Gasteiger partial charge on any atom is 0.0628 e. The number of aromatic nitrogens is 2. The lowest BCUT2D eigenvalue weighted by atomic mass is 9.79. The summed E-state index contributed by atoms with van der Waals surface area (Å²) in [5.74, 6) is 0. The van der Waals surface area contributed by atoms with E-state index in [1.807, 2.05) is 0 Å². The van der Waals surface area contributed by atoms with Crippen LogP contribution in [0.2, 0.25) is 0 Å². The Labute approximate surface area is 510 Å². The third-order valence-corrected chi connectivity index (χ3v) is 19.3. The summed E-state index contributed by atoms with van der Waals surface area (Å²) in [5.41, 5.74) is 30.2. The summed E-state index contributed by atoms with van der Waals surface area (Å²) in [6.07, 6.45) is 0. The molecule has 13 aromatic rings. The van der Waals surface area contributed by atoms with Crippen LogP contribution in [0.25, 0.3) is 132 Å². The SMILES string of the molecule is CC(C)(C)c1cc(-c2ccc3c4cc5c(c6cc7c(cc6n5-c5cc(C(C)(C)C)cc(C(C)(C)C)c5)-c5ccccc5-c5ccccc5-c5ccccc5-7)c5c6ccc(-c7cc(C(C)(C)C)cc(C(C)(C)C)c7)cc6n(c3c2)c45)cc(C(C)(C)C)c1. The molecule has 86 heavy (non-hydrogen) atoms. The Kier molecular flexibility index (Phi) is 12.1. The molecule has 0 spiro atoms. The summed E-state index contributed by atoms with van der Waals surface area (Å²) in [6, 6.07) is 72.0. The normalized spacial score (nSPS) is 13.5. The molecule has 1 aliphatic rings. The first-order chi connectivity index (χ1) is 40.4. The zero-order chi connectivity index (χ0) is 60.7. The molecule has 10 aromatic carbocycles. The molecular weight excluding hydrogens is 1040 g/mol. The minimum absolute atomic E-state index is 0.0182. The molecule has 2 nitrogen and oxygen atoms in total. The van der Waals surface area contributed by atoms with Crippen molar-refractivity contribution in [1.29, 1.82) is 0 Å². The summed E-state index contributed by atoms with van der Waals surface area (Å²) in [6.45, 7) is 42.4. The second-order valence-electron chi connectivity index (χ2n) is 31.6. The Bertz CT molecular complexity index is 4860. The predicted octanol–water partition coefficient (Wildman–Crippen LogP) is 24.0. The average molecular weight is 1120 g/mol. The average Bonchev–Trinajstić information content (AvgIpc) is 1.51. The third-order valence-electron chi connectivity index (χ3n) is 19.3. The molecule has 0 aliphatic heterocycles. The van der Waals surface area contributed by atoms with E-state index in [9.17, 15) is 0 Å². The lowest BCUT2D eigenvalue weighted by molar-refractivity contribution is 0.567. The van der Waals surface area contributed by atoms with Crippen molar-refractivity contribution in [2.45, 2.75) is 157 Å². The maximum absolute atomic E-state index is 2.66. The van der Waals surface area contributed by atoms with E-state index in [4.69, 9.17) is 0 Å². The molecule has 0 saturated carbocycles. The van der Waals surface area contributed by atoms with Crippen LogP contribution in [0.15, 0.2) is 182 Å². The van der Waals surface area contributed by atoms with Gasteiger partial charge in [-0.3, -0.25) is 0 Å². The van der Waals surface area contributed by atoms with E-state index in [0.29, 0.717) is 0 Å². The van der Waals surface area contributed by atoms with Crippen molar-refractivity contribution in [1.82, 2.24) is 8.97 Å². The zero-order valence-corrected chi connectivity index (χ0v) is 54.2. The Morgan fingerprint density at radius 1 is 0.233 bits per heavy atom. The van der Waals surface area contributed by atoms with E-state index >= 15 is 0 Å². The highest BCUT2D eigenvalue weighted by atomic mass is 15.0. The van der Waals surface area contributed by atoms with Gasteiger partial charge in [0, 0.05) is 38.0 Å². The van der Waals surface area contributed by atoms with Crippen LogP contribution in [0.3, 0.4) is 0 Å². The molecule has 3 heterocycles. The van der Waals surface area contributed by atoms with Crippen molar-refractivity contribution in [3.05, 3.63) is 215 Å². The number of hydrogen-bond donors (Lipinski definition) is 0. The first-order valence-electron chi connectivity index (χ1n) is 31.5. The minimum Gasteiger partial charge on any atom is -0.309 e. The van der Waals surface area contributed by atoms with Gasteiger partial charge in [-0.05, 0) is 175 Å². The first-order valence-corrected chi connectivity index (χ1v) is 31.5. The fraction of sp³-hybridized carbons (Fsp3) is 0.286. The van der Waals surface area contributed by atoms with Crippen molar-refractivity contribution >= 4 is 59.9 Å². The fourth-order valence-corrected chi connectivity index (χ4v) is 14.0. The molecule has 2 heteroatoms. The van der Waals surface area contributed by atoms with E-state index in [0.717, 1.165) is 0 Å². The monoisotopic (exact) mass is 1120 g/mol. The summed E-state index contributed by atoms with van der Waals surface area (Å²) in [7, 11) is 0. The van der Waals surface area contributed by atoms with Gasteiger partial charge in [0.25, 0.3) is 0 Å². The zero-order valence-electron chi connectivity index (χ0n) is 54.2. The Balaban J connectivity index is 1.19. The molecule has 0 fully saturated rings. The molecule has 430 valence electrons. The molecule has 0 N–H and O–H groups in total. The van der Waals surface area contributed by atoms with Crippen LogP contribution >= 0.6 is 0 Å². The highest BCUT2D eigenvalue weighted by Gasteiger charge is 2.31. The van der Waals surface area contributed by atoms with E-state index < -0.39 is 0 Å². The van der Waals surface area contributed by atoms with Crippen molar-refractivity contribution in [3.8, 4) is 72.4 Å². The maximum atomic E-state index is 2.66. The van der Waals surface area contributed by atoms with Gasteiger partial charge in [-0.15, -0.1) is 0 Å². The van der Waals surface area contributed by atoms with Gasteiger partial charge in [-0.25, -0.2) is 0 Å². The van der Waals surface area contributed by atoms with Gasteiger partial charge >= 0.3 is 0 Å². The second kappa shape index (κ2) is 18.7. The fourth-order valence-electron chi connectivity index (χ4n) is 14.0. The first kappa shape index (κ1) is 55.7. The number of hydrogen-bond acceptors (Lipinski definition) is 0. The van der Waals surface area contributed by atoms with E-state index in [-0.39, 0.29) is 32.5 Å². The van der Waals surface area contributed by atoms with Gasteiger partial charge < -0.3 is 8.97 Å². The lowest BCUT2D eigenvalue weighted by Crippen LogP contribution is -2.17. The molecule has 3 aromatic heterocycles. The van der Waals surface area contributed by atoms with Gasteiger partial charge in [0.05, 0.1) is 27.6 Å². The molecule has 0 bridgehead atoms. The van der Waals surface area contributed by atoms with Crippen LogP contribution in [0.1, 0.15) is 158 Å². The molecule has 14 rings (SSSR count). The Morgan fingerprint density at radius 2 is 0.581 bits per heavy atom. The van der Waals surface area contributed by atoms with Crippen molar-refractivity contribution in [2.75, 3.05) is 0 Å². The van der Waals surface area contributed by atoms with Gasteiger partial charge in [-0.2, -0.15) is 0 Å². The molecular formula is C84H84N2. The highest BCUT2D eigenvalue weighted by Crippen LogP contribution is 2.54. The second-order valence-corrected chi connectivity index (χ2v) is 31.6. The Morgan fingerprint density at radius 3 is 0.977 bits per heavy atom. The summed E-state index contributed by atoms with van der Waals surface area (Å²) >= 11 is 0. The largest absolute Gasteiger partial charge is 0.309 e. The van der Waals surface area contributed by atoms with Crippen molar-refractivity contribution in [3.63, 3.8) is 0 Å². The molecule has 0 atom stereocenters. The van der Waals surface area contributed by atoms with Crippen LogP contribution in [-0.2, 0) is 32.5 Å². The van der Waals surface area contributed by atoms with Crippen molar-refractivity contribution < 1.29 is 0 Å². The summed E-state index contributed by atoms with van der Waals surface area (Å²) < 4.78 is 5.32. The van der Waals surface area contributed by atoms with Gasteiger partial charge in [0.1, 0.15) is 0 Å².